The van der Waals surface area contributed by atoms with Gasteiger partial charge in [-0.1, -0.05) is 0 Å². The third-order valence-electron chi connectivity index (χ3n) is 3.52. The number of rotatable bonds is 2. The lowest BCUT2D eigenvalue weighted by Crippen LogP contribution is -2.65. The summed E-state index contributed by atoms with van der Waals surface area (Å²) in [6.45, 7) is 8.44. The number of nitrogens with zero attached hydrogens (tertiary/aromatic N) is 1. The van der Waals surface area contributed by atoms with Gasteiger partial charge in [-0.15, -0.1) is 0 Å². The van der Waals surface area contributed by atoms with Crippen LogP contribution in [0.4, 0.5) is 0 Å². The van der Waals surface area contributed by atoms with Crippen LogP contribution in [-0.4, -0.2) is 26.2 Å². The van der Waals surface area contributed by atoms with Gasteiger partial charge in [-0.2, -0.15) is 0 Å². The summed E-state index contributed by atoms with van der Waals surface area (Å²) in [7, 11) is 0. The van der Waals surface area contributed by atoms with Crippen LogP contribution in [0.25, 0.3) is 0 Å². The van der Waals surface area contributed by atoms with Crippen molar-refractivity contribution in [2.75, 3.05) is 0 Å². The molecule has 0 aliphatic carbocycles. The summed E-state index contributed by atoms with van der Waals surface area (Å²) in [5, 5.41) is 14.6. The molecule has 1 saturated heterocycles. The fraction of sp³-hybridized carbons (Fsp3) is 0.769. The van der Waals surface area contributed by atoms with Crippen molar-refractivity contribution >= 4 is 11.5 Å². The lowest BCUT2D eigenvalue weighted by molar-refractivity contribution is -0.0736. The Kier molecular flexibility index (Phi) is 3.30. The maximum Gasteiger partial charge on any atom is 0.0882 e. The number of hydrogen-bond acceptors (Lipinski definition) is 5. The predicted octanol–water partition coefficient (Wildman–Crippen LogP) is 1.81. The quantitative estimate of drug-likeness (QED) is 0.766. The molecular formula is C13H23N3OS. The molecule has 1 fully saturated rings. The summed E-state index contributed by atoms with van der Waals surface area (Å²) in [5.41, 5.74) is 5.15. The first kappa shape index (κ1) is 13.9. The molecule has 1 aliphatic heterocycles. The van der Waals surface area contributed by atoms with Gasteiger partial charge in [0, 0.05) is 22.2 Å². The van der Waals surface area contributed by atoms with E-state index in [9.17, 15) is 5.11 Å². The monoisotopic (exact) mass is 269 g/mol. The van der Waals surface area contributed by atoms with Gasteiger partial charge in [-0.25, -0.2) is 4.37 Å². The molecule has 0 spiro atoms. The van der Waals surface area contributed by atoms with E-state index < -0.39 is 5.60 Å². The molecule has 0 amide bonds. The molecule has 1 aromatic heterocycles. The molecule has 2 rings (SSSR count). The Morgan fingerprint density at radius 3 is 2.33 bits per heavy atom. The first-order valence-corrected chi connectivity index (χ1v) is 7.09. The zero-order chi connectivity index (χ0) is 13.6. The maximum absolute atomic E-state index is 11.0. The summed E-state index contributed by atoms with van der Waals surface area (Å²) in [6.07, 6.45) is 3.02. The van der Waals surface area contributed by atoms with Gasteiger partial charge < -0.3 is 16.2 Å². The minimum atomic E-state index is -0.884. The molecule has 18 heavy (non-hydrogen) atoms. The predicted molar refractivity (Wildman–Crippen MR) is 74.5 cm³/mol. The van der Waals surface area contributed by atoms with Crippen molar-refractivity contribution in [3.8, 4) is 0 Å². The normalized spacial score (nSPS) is 26.8. The van der Waals surface area contributed by atoms with Crippen molar-refractivity contribution in [1.82, 2.24) is 9.69 Å². The van der Waals surface area contributed by atoms with E-state index in [0.717, 1.165) is 4.88 Å². The van der Waals surface area contributed by atoms with Crippen molar-refractivity contribution < 1.29 is 5.11 Å². The van der Waals surface area contributed by atoms with Crippen LogP contribution in [0.3, 0.4) is 0 Å². The highest BCUT2D eigenvalue weighted by atomic mass is 32.1. The second kappa shape index (κ2) is 4.27. The van der Waals surface area contributed by atoms with E-state index in [4.69, 9.17) is 5.73 Å². The van der Waals surface area contributed by atoms with Crippen molar-refractivity contribution in [2.24, 2.45) is 5.73 Å². The molecule has 0 bridgehead atoms. The van der Waals surface area contributed by atoms with Crippen molar-refractivity contribution in [3.63, 3.8) is 0 Å². The fourth-order valence-corrected chi connectivity index (χ4v) is 4.17. The van der Waals surface area contributed by atoms with Crippen LogP contribution in [-0.2, 0) is 0 Å². The second-order valence-corrected chi connectivity index (χ2v) is 7.61. The Balaban J connectivity index is 2.29. The number of piperidine rings is 1. The summed E-state index contributed by atoms with van der Waals surface area (Å²) in [6, 6.07) is 1.53. The smallest absolute Gasteiger partial charge is 0.0882 e. The van der Waals surface area contributed by atoms with Gasteiger partial charge in [0.05, 0.1) is 11.6 Å². The number of hydrogen-bond donors (Lipinski definition) is 3. The van der Waals surface area contributed by atoms with Crippen molar-refractivity contribution in [2.45, 2.75) is 63.3 Å². The highest BCUT2D eigenvalue weighted by Gasteiger charge is 2.49. The average Bonchev–Trinajstić information content (AvgIpc) is 2.62. The average molecular weight is 269 g/mol. The number of aliphatic hydroxyl groups is 1. The van der Waals surface area contributed by atoms with Gasteiger partial charge in [0.1, 0.15) is 0 Å². The van der Waals surface area contributed by atoms with Gasteiger partial charge >= 0.3 is 0 Å². The molecule has 0 radical (unpaired) electrons. The molecule has 1 aromatic rings. The van der Waals surface area contributed by atoms with E-state index in [1.807, 2.05) is 6.07 Å². The molecule has 1 atom stereocenters. The molecule has 0 aromatic carbocycles. The summed E-state index contributed by atoms with van der Waals surface area (Å²) in [4.78, 5) is 0.950. The van der Waals surface area contributed by atoms with Crippen LogP contribution in [0, 0.1) is 0 Å². The number of aromatic nitrogens is 1. The SMILES string of the molecule is CC1(C)CC(O)(C(N)c2ccns2)CC(C)(C)N1. The highest BCUT2D eigenvalue weighted by molar-refractivity contribution is 7.05. The highest BCUT2D eigenvalue weighted by Crippen LogP contribution is 2.42. The van der Waals surface area contributed by atoms with E-state index >= 15 is 0 Å². The number of nitrogens with two attached hydrogens (primary N) is 1. The minimum absolute atomic E-state index is 0.126. The van der Waals surface area contributed by atoms with Crippen LogP contribution in [0.5, 0.6) is 0 Å². The van der Waals surface area contributed by atoms with Gasteiger partial charge in [0.25, 0.3) is 0 Å². The van der Waals surface area contributed by atoms with Gasteiger partial charge in [0.15, 0.2) is 0 Å². The molecular weight excluding hydrogens is 246 g/mol. The van der Waals surface area contributed by atoms with Gasteiger partial charge in [-0.05, 0) is 58.1 Å². The van der Waals surface area contributed by atoms with Crippen molar-refractivity contribution in [1.29, 1.82) is 0 Å². The van der Waals surface area contributed by atoms with Crippen LogP contribution in [0.2, 0.25) is 0 Å². The topological polar surface area (TPSA) is 71.2 Å². The lowest BCUT2D eigenvalue weighted by atomic mass is 9.69. The third kappa shape index (κ3) is 2.74. The van der Waals surface area contributed by atoms with Crippen LogP contribution < -0.4 is 11.1 Å². The van der Waals surface area contributed by atoms with Crippen LogP contribution in [0.15, 0.2) is 12.3 Å². The minimum Gasteiger partial charge on any atom is -0.388 e. The molecule has 102 valence electrons. The first-order valence-electron chi connectivity index (χ1n) is 6.32. The van der Waals surface area contributed by atoms with E-state index in [-0.39, 0.29) is 17.1 Å². The standard InChI is InChI=1S/C13H23N3OS/c1-11(2)7-13(17,8-12(3,4)16-11)10(14)9-5-6-15-18-9/h5-6,10,16-17H,7-8,14H2,1-4H3. The Hall–Kier alpha value is -0.490. The van der Waals surface area contributed by atoms with Crippen LogP contribution >= 0.6 is 11.5 Å². The largest absolute Gasteiger partial charge is 0.388 e. The zero-order valence-electron chi connectivity index (χ0n) is 11.5. The van der Waals surface area contributed by atoms with E-state index in [0.29, 0.717) is 12.8 Å². The fourth-order valence-electron chi connectivity index (χ4n) is 3.47. The number of nitrogens with one attached hydrogen (secondary N) is 1. The Labute approximate surface area is 113 Å². The van der Waals surface area contributed by atoms with E-state index in [1.54, 1.807) is 6.20 Å². The maximum atomic E-state index is 11.0. The van der Waals surface area contributed by atoms with Gasteiger partial charge in [-0.3, -0.25) is 0 Å². The molecule has 4 nitrogen and oxygen atoms in total. The van der Waals surface area contributed by atoms with Crippen LogP contribution in [0.1, 0.15) is 51.5 Å². The molecule has 1 unspecified atom stereocenters. The third-order valence-corrected chi connectivity index (χ3v) is 4.34. The first-order chi connectivity index (χ1) is 8.14. The Morgan fingerprint density at radius 1 is 1.33 bits per heavy atom. The lowest BCUT2D eigenvalue weighted by Gasteiger charge is -2.52. The second-order valence-electron chi connectivity index (χ2n) is 6.74. The summed E-state index contributed by atoms with van der Waals surface area (Å²) >= 11 is 1.37. The van der Waals surface area contributed by atoms with E-state index in [1.165, 1.54) is 11.5 Å². The van der Waals surface area contributed by atoms with Crippen molar-refractivity contribution in [3.05, 3.63) is 17.1 Å². The molecule has 2 heterocycles. The molecule has 0 saturated carbocycles. The molecule has 5 heteroatoms. The zero-order valence-corrected chi connectivity index (χ0v) is 12.3. The summed E-state index contributed by atoms with van der Waals surface area (Å²) in [5.74, 6) is 0. The summed E-state index contributed by atoms with van der Waals surface area (Å²) < 4.78 is 4.08. The molecule has 4 N–H and O–H groups in total. The van der Waals surface area contributed by atoms with E-state index in [2.05, 4.69) is 37.4 Å². The Morgan fingerprint density at radius 2 is 1.89 bits per heavy atom. The van der Waals surface area contributed by atoms with Gasteiger partial charge in [0.2, 0.25) is 0 Å². The molecule has 1 aliphatic rings. The Bertz CT molecular complexity index is 398.